The van der Waals surface area contributed by atoms with E-state index in [-0.39, 0.29) is 0 Å². The van der Waals surface area contributed by atoms with Crippen LogP contribution in [0.15, 0.2) is 24.3 Å². The fourth-order valence-corrected chi connectivity index (χ4v) is 2.53. The summed E-state index contributed by atoms with van der Waals surface area (Å²) in [6.07, 6.45) is 1.19. The van der Waals surface area contributed by atoms with Crippen LogP contribution in [0, 0.1) is 11.8 Å². The zero-order valence-corrected chi connectivity index (χ0v) is 11.0. The van der Waals surface area contributed by atoms with Gasteiger partial charge >= 0.3 is 0 Å². The van der Waals surface area contributed by atoms with Crippen molar-refractivity contribution in [3.05, 3.63) is 35.4 Å². The van der Waals surface area contributed by atoms with Crippen molar-refractivity contribution in [3.8, 4) is 0 Å². The SMILES string of the molecule is CC(CN)C(C)CN1CCc2ccccc2C1. The monoisotopic (exact) mass is 232 g/mol. The Labute approximate surface area is 105 Å². The van der Waals surface area contributed by atoms with Crippen LogP contribution in [0.1, 0.15) is 25.0 Å². The molecule has 1 heterocycles. The van der Waals surface area contributed by atoms with Gasteiger partial charge in [0, 0.05) is 19.6 Å². The zero-order chi connectivity index (χ0) is 12.3. The van der Waals surface area contributed by atoms with E-state index in [1.165, 1.54) is 30.6 Å². The average molecular weight is 232 g/mol. The number of hydrogen-bond donors (Lipinski definition) is 1. The van der Waals surface area contributed by atoms with Crippen LogP contribution in [-0.2, 0) is 13.0 Å². The summed E-state index contributed by atoms with van der Waals surface area (Å²) in [6, 6.07) is 8.82. The predicted octanol–water partition coefficient (Wildman–Crippen LogP) is 2.28. The molecule has 0 spiro atoms. The van der Waals surface area contributed by atoms with Crippen LogP contribution >= 0.6 is 0 Å². The Morgan fingerprint density at radius 2 is 1.88 bits per heavy atom. The first-order chi connectivity index (χ1) is 8.20. The number of rotatable bonds is 4. The minimum atomic E-state index is 0.618. The highest BCUT2D eigenvalue weighted by molar-refractivity contribution is 5.29. The van der Waals surface area contributed by atoms with Crippen LogP contribution in [0.2, 0.25) is 0 Å². The fraction of sp³-hybridized carbons (Fsp3) is 0.600. The van der Waals surface area contributed by atoms with Crippen molar-refractivity contribution in [2.75, 3.05) is 19.6 Å². The summed E-state index contributed by atoms with van der Waals surface area (Å²) in [5.41, 5.74) is 8.77. The fourth-order valence-electron chi connectivity index (χ4n) is 2.53. The molecular formula is C15H24N2. The Hall–Kier alpha value is -0.860. The van der Waals surface area contributed by atoms with Gasteiger partial charge < -0.3 is 5.73 Å². The smallest absolute Gasteiger partial charge is 0.0236 e. The van der Waals surface area contributed by atoms with Gasteiger partial charge in [0.05, 0.1) is 0 Å². The molecule has 0 amide bonds. The maximum absolute atomic E-state index is 5.74. The van der Waals surface area contributed by atoms with Gasteiger partial charge in [0.1, 0.15) is 0 Å². The normalized spacial score (nSPS) is 19.7. The van der Waals surface area contributed by atoms with Gasteiger partial charge in [-0.05, 0) is 35.9 Å². The summed E-state index contributed by atoms with van der Waals surface area (Å²) < 4.78 is 0. The molecule has 0 saturated carbocycles. The Kier molecular flexibility index (Phi) is 4.19. The average Bonchev–Trinajstić information content (AvgIpc) is 2.37. The standard InChI is InChI=1S/C15H24N2/c1-12(9-16)13(2)10-17-8-7-14-5-3-4-6-15(14)11-17/h3-6,12-13H,7-11,16H2,1-2H3. The van der Waals surface area contributed by atoms with Crippen molar-refractivity contribution in [3.63, 3.8) is 0 Å². The maximum Gasteiger partial charge on any atom is 0.0236 e. The van der Waals surface area contributed by atoms with E-state index in [2.05, 4.69) is 43.0 Å². The molecule has 0 saturated heterocycles. The van der Waals surface area contributed by atoms with Crippen LogP contribution in [0.5, 0.6) is 0 Å². The molecular weight excluding hydrogens is 208 g/mol. The number of nitrogens with two attached hydrogens (primary N) is 1. The highest BCUT2D eigenvalue weighted by Crippen LogP contribution is 2.20. The molecule has 2 heteroatoms. The summed E-state index contributed by atoms with van der Waals surface area (Å²) >= 11 is 0. The van der Waals surface area contributed by atoms with Crippen LogP contribution < -0.4 is 5.73 Å². The molecule has 1 aliphatic rings. The topological polar surface area (TPSA) is 29.3 Å². The van der Waals surface area contributed by atoms with Crippen molar-refractivity contribution >= 4 is 0 Å². The molecule has 2 rings (SSSR count). The molecule has 0 fully saturated rings. The third-order valence-corrected chi connectivity index (χ3v) is 4.10. The molecule has 1 aromatic rings. The van der Waals surface area contributed by atoms with Crippen molar-refractivity contribution in [1.29, 1.82) is 0 Å². The third-order valence-electron chi connectivity index (χ3n) is 4.10. The summed E-state index contributed by atoms with van der Waals surface area (Å²) in [5.74, 6) is 1.30. The molecule has 1 aliphatic heterocycles. The number of benzene rings is 1. The van der Waals surface area contributed by atoms with E-state index in [0.29, 0.717) is 11.8 Å². The minimum Gasteiger partial charge on any atom is -0.330 e. The number of hydrogen-bond acceptors (Lipinski definition) is 2. The molecule has 0 aromatic heterocycles. The van der Waals surface area contributed by atoms with Gasteiger partial charge in [0.15, 0.2) is 0 Å². The van der Waals surface area contributed by atoms with E-state index in [1.807, 2.05) is 0 Å². The molecule has 2 N–H and O–H groups in total. The number of nitrogens with zero attached hydrogens (tertiary/aromatic N) is 1. The van der Waals surface area contributed by atoms with Gasteiger partial charge in [0.25, 0.3) is 0 Å². The molecule has 17 heavy (non-hydrogen) atoms. The largest absolute Gasteiger partial charge is 0.330 e. The van der Waals surface area contributed by atoms with Crippen molar-refractivity contribution in [2.24, 2.45) is 17.6 Å². The summed E-state index contributed by atoms with van der Waals surface area (Å²) in [6.45, 7) is 8.84. The summed E-state index contributed by atoms with van der Waals surface area (Å²) in [4.78, 5) is 2.57. The lowest BCUT2D eigenvalue weighted by molar-refractivity contribution is 0.193. The molecule has 2 unspecified atom stereocenters. The maximum atomic E-state index is 5.74. The van der Waals surface area contributed by atoms with Crippen molar-refractivity contribution in [1.82, 2.24) is 4.90 Å². The van der Waals surface area contributed by atoms with Crippen LogP contribution in [-0.4, -0.2) is 24.5 Å². The Balaban J connectivity index is 1.94. The van der Waals surface area contributed by atoms with Gasteiger partial charge in [-0.15, -0.1) is 0 Å². The second kappa shape index (κ2) is 5.65. The highest BCUT2D eigenvalue weighted by Gasteiger charge is 2.19. The van der Waals surface area contributed by atoms with Crippen molar-refractivity contribution < 1.29 is 0 Å². The summed E-state index contributed by atoms with van der Waals surface area (Å²) in [7, 11) is 0. The van der Waals surface area contributed by atoms with Crippen LogP contribution in [0.25, 0.3) is 0 Å². The van der Waals surface area contributed by atoms with E-state index in [0.717, 1.165) is 13.1 Å². The Bertz CT molecular complexity index is 362. The minimum absolute atomic E-state index is 0.618. The van der Waals surface area contributed by atoms with Crippen molar-refractivity contribution in [2.45, 2.75) is 26.8 Å². The van der Waals surface area contributed by atoms with E-state index >= 15 is 0 Å². The lowest BCUT2D eigenvalue weighted by atomic mass is 9.93. The second-order valence-electron chi connectivity index (χ2n) is 5.44. The first-order valence-electron chi connectivity index (χ1n) is 6.70. The van der Waals surface area contributed by atoms with E-state index in [9.17, 15) is 0 Å². The first-order valence-corrected chi connectivity index (χ1v) is 6.70. The quantitative estimate of drug-likeness (QED) is 0.863. The molecule has 0 bridgehead atoms. The molecule has 0 radical (unpaired) electrons. The Morgan fingerprint density at radius 3 is 2.59 bits per heavy atom. The second-order valence-corrected chi connectivity index (χ2v) is 5.44. The third kappa shape index (κ3) is 3.08. The van der Waals surface area contributed by atoms with E-state index in [1.54, 1.807) is 0 Å². The number of fused-ring (bicyclic) bond motifs is 1. The van der Waals surface area contributed by atoms with Gasteiger partial charge in [-0.2, -0.15) is 0 Å². The zero-order valence-electron chi connectivity index (χ0n) is 11.0. The molecule has 2 nitrogen and oxygen atoms in total. The molecule has 2 atom stereocenters. The van der Waals surface area contributed by atoms with E-state index in [4.69, 9.17) is 5.73 Å². The van der Waals surface area contributed by atoms with Gasteiger partial charge in [0.2, 0.25) is 0 Å². The molecule has 0 aliphatic carbocycles. The van der Waals surface area contributed by atoms with Gasteiger partial charge in [-0.3, -0.25) is 4.90 Å². The van der Waals surface area contributed by atoms with Crippen LogP contribution in [0.3, 0.4) is 0 Å². The Morgan fingerprint density at radius 1 is 1.18 bits per heavy atom. The van der Waals surface area contributed by atoms with E-state index < -0.39 is 0 Å². The molecule has 94 valence electrons. The van der Waals surface area contributed by atoms with Crippen LogP contribution in [0.4, 0.5) is 0 Å². The highest BCUT2D eigenvalue weighted by atomic mass is 15.1. The molecule has 1 aromatic carbocycles. The van der Waals surface area contributed by atoms with Gasteiger partial charge in [-0.1, -0.05) is 38.1 Å². The summed E-state index contributed by atoms with van der Waals surface area (Å²) in [5, 5.41) is 0. The lowest BCUT2D eigenvalue weighted by Gasteiger charge is -2.32. The lowest BCUT2D eigenvalue weighted by Crippen LogP contribution is -2.36. The van der Waals surface area contributed by atoms with Gasteiger partial charge in [-0.25, -0.2) is 0 Å². The first kappa shape index (κ1) is 12.6. The predicted molar refractivity (Wildman–Crippen MR) is 72.8 cm³/mol.